The van der Waals surface area contributed by atoms with Crippen LogP contribution in [0.3, 0.4) is 0 Å². The Kier molecular flexibility index (Phi) is 7.40. The van der Waals surface area contributed by atoms with Gasteiger partial charge in [-0.2, -0.15) is 0 Å². The number of nitrogens with one attached hydrogen (secondary N) is 1. The van der Waals surface area contributed by atoms with Crippen molar-refractivity contribution < 1.29 is 9.18 Å². The van der Waals surface area contributed by atoms with Crippen LogP contribution < -0.4 is 5.32 Å². The number of hydrogen-bond donors (Lipinski definition) is 1. The van der Waals surface area contributed by atoms with Gasteiger partial charge in [0.1, 0.15) is 5.82 Å². The van der Waals surface area contributed by atoms with Gasteiger partial charge in [-0.05, 0) is 50.2 Å². The lowest BCUT2D eigenvalue weighted by atomic mass is 10.1. The predicted octanol–water partition coefficient (Wildman–Crippen LogP) is 3.68. The van der Waals surface area contributed by atoms with E-state index in [1.54, 1.807) is 17.4 Å². The number of carbonyl (C=O) groups is 1. The third kappa shape index (κ3) is 5.43. The van der Waals surface area contributed by atoms with Gasteiger partial charge in [-0.15, -0.1) is 21.5 Å². The van der Waals surface area contributed by atoms with Crippen LogP contribution in [0.2, 0.25) is 0 Å². The number of halogens is 1. The number of likely N-dealkylation sites (N-methyl/N-ethyl adjacent to an activating group) is 1. The van der Waals surface area contributed by atoms with Crippen LogP contribution in [0.15, 0.2) is 46.9 Å². The second kappa shape index (κ2) is 10.00. The molecular weight excluding hydrogens is 409 g/mol. The summed E-state index contributed by atoms with van der Waals surface area (Å²) in [4.78, 5) is 15.4. The Labute approximate surface area is 178 Å². The fourth-order valence-electron chi connectivity index (χ4n) is 2.97. The summed E-state index contributed by atoms with van der Waals surface area (Å²) in [7, 11) is 3.82. The number of hydrogen-bond acceptors (Lipinski definition) is 6. The van der Waals surface area contributed by atoms with Crippen LogP contribution in [-0.4, -0.2) is 52.0 Å². The Morgan fingerprint density at radius 1 is 1.31 bits per heavy atom. The Balaban J connectivity index is 1.58. The summed E-state index contributed by atoms with van der Waals surface area (Å²) in [6.07, 6.45) is 0. The van der Waals surface area contributed by atoms with Gasteiger partial charge in [0.15, 0.2) is 11.0 Å². The Morgan fingerprint density at radius 3 is 2.79 bits per heavy atom. The van der Waals surface area contributed by atoms with E-state index in [1.807, 2.05) is 54.1 Å². The summed E-state index contributed by atoms with van der Waals surface area (Å²) in [6, 6.07) is 10.3. The van der Waals surface area contributed by atoms with Crippen LogP contribution in [0, 0.1) is 5.82 Å². The standard InChI is InChI=1S/C20H24FN5OS2/c1-4-26-19(17-9-6-10-28-17)23-24-20(26)29-13-18(27)22-12-16(25(2)3)14-7-5-8-15(21)11-14/h5-11,16H,4,12-13H2,1-3H3,(H,22,27). The minimum Gasteiger partial charge on any atom is -0.353 e. The lowest BCUT2D eigenvalue weighted by Gasteiger charge is -2.25. The highest BCUT2D eigenvalue weighted by atomic mass is 32.2. The average molecular weight is 434 g/mol. The molecule has 0 radical (unpaired) electrons. The second-order valence-electron chi connectivity index (χ2n) is 6.65. The molecule has 3 aromatic rings. The van der Waals surface area contributed by atoms with E-state index < -0.39 is 0 Å². The number of thioether (sulfide) groups is 1. The maximum Gasteiger partial charge on any atom is 0.230 e. The maximum absolute atomic E-state index is 13.5. The molecule has 1 amide bonds. The first kappa shape index (κ1) is 21.5. The third-order valence-corrected chi connectivity index (χ3v) is 6.29. The lowest BCUT2D eigenvalue weighted by Crippen LogP contribution is -2.35. The van der Waals surface area contributed by atoms with Crippen LogP contribution in [-0.2, 0) is 11.3 Å². The number of carbonyl (C=O) groups excluding carboxylic acids is 1. The second-order valence-corrected chi connectivity index (χ2v) is 8.55. The molecule has 6 nitrogen and oxygen atoms in total. The van der Waals surface area contributed by atoms with E-state index in [2.05, 4.69) is 15.5 Å². The molecule has 0 aliphatic carbocycles. The molecule has 0 saturated carbocycles. The summed E-state index contributed by atoms with van der Waals surface area (Å²) < 4.78 is 15.6. The van der Waals surface area contributed by atoms with Crippen molar-refractivity contribution >= 4 is 29.0 Å². The Bertz CT molecular complexity index is 942. The monoisotopic (exact) mass is 433 g/mol. The van der Waals surface area contributed by atoms with E-state index in [0.717, 1.165) is 28.0 Å². The van der Waals surface area contributed by atoms with Crippen LogP contribution in [0.1, 0.15) is 18.5 Å². The van der Waals surface area contributed by atoms with Gasteiger partial charge in [0, 0.05) is 13.1 Å². The molecule has 0 spiro atoms. The molecule has 0 fully saturated rings. The molecule has 1 N–H and O–H groups in total. The summed E-state index contributed by atoms with van der Waals surface area (Å²) in [5.74, 6) is 0.689. The van der Waals surface area contributed by atoms with Gasteiger partial charge in [0.25, 0.3) is 0 Å². The molecule has 0 bridgehead atoms. The van der Waals surface area contributed by atoms with E-state index in [0.29, 0.717) is 6.54 Å². The number of thiophene rings is 1. The first-order chi connectivity index (χ1) is 14.0. The van der Waals surface area contributed by atoms with Crippen molar-refractivity contribution in [1.29, 1.82) is 0 Å². The van der Waals surface area contributed by atoms with Gasteiger partial charge in [-0.3, -0.25) is 4.79 Å². The quantitative estimate of drug-likeness (QED) is 0.522. The fourth-order valence-corrected chi connectivity index (χ4v) is 4.52. The molecule has 2 heterocycles. The fraction of sp³-hybridized carbons (Fsp3) is 0.350. The maximum atomic E-state index is 13.5. The molecule has 1 unspecified atom stereocenters. The number of nitrogens with zero attached hydrogens (tertiary/aromatic N) is 4. The number of rotatable bonds is 9. The highest BCUT2D eigenvalue weighted by Crippen LogP contribution is 2.27. The average Bonchev–Trinajstić information content (AvgIpc) is 3.35. The number of aromatic nitrogens is 3. The molecule has 2 aromatic heterocycles. The van der Waals surface area contributed by atoms with Crippen molar-refractivity contribution in [3.8, 4) is 10.7 Å². The van der Waals surface area contributed by atoms with Crippen molar-refractivity contribution in [3.63, 3.8) is 0 Å². The molecule has 1 atom stereocenters. The zero-order chi connectivity index (χ0) is 20.8. The predicted molar refractivity (Wildman–Crippen MR) is 116 cm³/mol. The highest BCUT2D eigenvalue weighted by molar-refractivity contribution is 7.99. The Hall–Kier alpha value is -2.23. The summed E-state index contributed by atoms with van der Waals surface area (Å²) in [6.45, 7) is 3.16. The molecule has 1 aromatic carbocycles. The molecule has 0 saturated heterocycles. The van der Waals surface area contributed by atoms with Crippen LogP contribution >= 0.6 is 23.1 Å². The van der Waals surface area contributed by atoms with E-state index in [9.17, 15) is 9.18 Å². The molecular formula is C20H24FN5OS2. The van der Waals surface area contributed by atoms with Gasteiger partial charge < -0.3 is 14.8 Å². The molecule has 3 rings (SSSR count). The van der Waals surface area contributed by atoms with Gasteiger partial charge in [-0.1, -0.05) is 30.0 Å². The van der Waals surface area contributed by atoms with Crippen molar-refractivity contribution in [3.05, 3.63) is 53.2 Å². The van der Waals surface area contributed by atoms with Crippen molar-refractivity contribution in [1.82, 2.24) is 25.0 Å². The summed E-state index contributed by atoms with van der Waals surface area (Å²) >= 11 is 2.98. The van der Waals surface area contributed by atoms with Crippen LogP contribution in [0.4, 0.5) is 4.39 Å². The van der Waals surface area contributed by atoms with Crippen molar-refractivity contribution in [2.24, 2.45) is 0 Å². The van der Waals surface area contributed by atoms with Crippen molar-refractivity contribution in [2.75, 3.05) is 26.4 Å². The topological polar surface area (TPSA) is 63.1 Å². The SMILES string of the molecule is CCn1c(SCC(=O)NCC(c2cccc(F)c2)N(C)C)nnc1-c1cccs1. The normalized spacial score (nSPS) is 12.3. The van der Waals surface area contributed by atoms with Gasteiger partial charge in [-0.25, -0.2) is 4.39 Å². The largest absolute Gasteiger partial charge is 0.353 e. The highest BCUT2D eigenvalue weighted by Gasteiger charge is 2.18. The third-order valence-electron chi connectivity index (χ3n) is 4.46. The number of amides is 1. The molecule has 29 heavy (non-hydrogen) atoms. The summed E-state index contributed by atoms with van der Waals surface area (Å²) in [5, 5.41) is 14.2. The van der Waals surface area contributed by atoms with E-state index in [4.69, 9.17) is 0 Å². The smallest absolute Gasteiger partial charge is 0.230 e. The minimum absolute atomic E-state index is 0.0958. The first-order valence-electron chi connectivity index (χ1n) is 9.28. The molecule has 0 aliphatic heterocycles. The zero-order valence-corrected chi connectivity index (χ0v) is 18.3. The van der Waals surface area contributed by atoms with Gasteiger partial charge in [0.2, 0.25) is 5.91 Å². The molecule has 154 valence electrons. The minimum atomic E-state index is -0.281. The van der Waals surface area contributed by atoms with E-state index >= 15 is 0 Å². The first-order valence-corrected chi connectivity index (χ1v) is 11.1. The van der Waals surface area contributed by atoms with Gasteiger partial charge in [0.05, 0.1) is 16.7 Å². The van der Waals surface area contributed by atoms with Crippen LogP contribution in [0.5, 0.6) is 0 Å². The van der Waals surface area contributed by atoms with E-state index in [-0.39, 0.29) is 23.5 Å². The van der Waals surface area contributed by atoms with Gasteiger partial charge >= 0.3 is 0 Å². The molecule has 0 aliphatic rings. The zero-order valence-electron chi connectivity index (χ0n) is 16.6. The van der Waals surface area contributed by atoms with Crippen LogP contribution in [0.25, 0.3) is 10.7 Å². The summed E-state index contributed by atoms with van der Waals surface area (Å²) in [5.41, 5.74) is 0.828. The van der Waals surface area contributed by atoms with Crippen molar-refractivity contribution in [2.45, 2.75) is 24.7 Å². The molecule has 9 heteroatoms. The number of benzene rings is 1. The van der Waals surface area contributed by atoms with E-state index in [1.165, 1.54) is 23.9 Å². The lowest BCUT2D eigenvalue weighted by molar-refractivity contribution is -0.118. The Morgan fingerprint density at radius 2 is 2.14 bits per heavy atom.